The average Bonchev–Trinajstić information content (AvgIpc) is 2.55. The number of unbranched alkanes of at least 4 members (excludes halogenated alkanes) is 1. The van der Waals surface area contributed by atoms with Crippen LogP contribution < -0.4 is 10.6 Å². The molecular weight excluding hydrogens is 319 g/mol. The van der Waals surface area contributed by atoms with E-state index in [2.05, 4.69) is 15.6 Å². The van der Waals surface area contributed by atoms with Crippen molar-refractivity contribution in [2.75, 3.05) is 26.3 Å². The van der Waals surface area contributed by atoms with Crippen LogP contribution in [0.5, 0.6) is 0 Å². The van der Waals surface area contributed by atoms with E-state index in [1.54, 1.807) is 6.07 Å². The topological polar surface area (TPSA) is 45.7 Å². The van der Waals surface area contributed by atoms with E-state index >= 15 is 0 Å². The molecule has 0 atom stereocenters. The van der Waals surface area contributed by atoms with E-state index in [9.17, 15) is 13.2 Å². The van der Waals surface area contributed by atoms with E-state index in [0.29, 0.717) is 24.7 Å². The Morgan fingerprint density at radius 3 is 2.62 bits per heavy atom. The molecule has 0 saturated heterocycles. The normalized spacial score (nSPS) is 12.3. The second-order valence-corrected chi connectivity index (χ2v) is 5.22. The molecule has 0 heterocycles. The van der Waals surface area contributed by atoms with E-state index in [1.807, 2.05) is 13.8 Å². The molecular formula is C17H26F3N3O. The Morgan fingerprint density at radius 2 is 1.96 bits per heavy atom. The van der Waals surface area contributed by atoms with Gasteiger partial charge < -0.3 is 15.4 Å². The van der Waals surface area contributed by atoms with Gasteiger partial charge in [-0.1, -0.05) is 12.1 Å². The van der Waals surface area contributed by atoms with Crippen molar-refractivity contribution < 1.29 is 17.9 Å². The lowest BCUT2D eigenvalue weighted by Gasteiger charge is -2.12. The highest BCUT2D eigenvalue weighted by Crippen LogP contribution is 2.29. The summed E-state index contributed by atoms with van der Waals surface area (Å²) in [7, 11) is 0. The third kappa shape index (κ3) is 8.19. The maximum Gasteiger partial charge on any atom is 0.416 e. The molecule has 1 aromatic carbocycles. The summed E-state index contributed by atoms with van der Waals surface area (Å²) in [5, 5.41) is 6.26. The van der Waals surface area contributed by atoms with Crippen molar-refractivity contribution in [1.82, 2.24) is 10.6 Å². The van der Waals surface area contributed by atoms with E-state index in [-0.39, 0.29) is 6.54 Å². The summed E-state index contributed by atoms with van der Waals surface area (Å²) < 4.78 is 43.4. The molecule has 4 nitrogen and oxygen atoms in total. The number of guanidine groups is 1. The van der Waals surface area contributed by atoms with Crippen molar-refractivity contribution in [3.8, 4) is 0 Å². The third-order valence-electron chi connectivity index (χ3n) is 3.23. The molecule has 0 aliphatic carbocycles. The average molecular weight is 345 g/mol. The first-order chi connectivity index (χ1) is 11.5. The molecule has 0 fully saturated rings. The number of nitrogens with one attached hydrogen (secondary N) is 2. The van der Waals surface area contributed by atoms with Crippen LogP contribution in [0.25, 0.3) is 0 Å². The van der Waals surface area contributed by atoms with Gasteiger partial charge in [0.15, 0.2) is 5.96 Å². The maximum absolute atomic E-state index is 12.7. The van der Waals surface area contributed by atoms with Crippen LogP contribution in [0.2, 0.25) is 0 Å². The number of alkyl halides is 3. The number of ether oxygens (including phenoxy) is 1. The largest absolute Gasteiger partial charge is 0.416 e. The summed E-state index contributed by atoms with van der Waals surface area (Å²) in [6.07, 6.45) is -2.44. The zero-order valence-corrected chi connectivity index (χ0v) is 14.2. The predicted molar refractivity (Wildman–Crippen MR) is 90.0 cm³/mol. The minimum absolute atomic E-state index is 0.193. The van der Waals surface area contributed by atoms with Crippen molar-refractivity contribution in [1.29, 1.82) is 0 Å². The summed E-state index contributed by atoms with van der Waals surface area (Å²) in [6.45, 7) is 6.97. The van der Waals surface area contributed by atoms with Gasteiger partial charge in [0.05, 0.1) is 12.1 Å². The molecule has 0 aromatic heterocycles. The number of nitrogens with zero attached hydrogens (tertiary/aromatic N) is 1. The lowest BCUT2D eigenvalue weighted by molar-refractivity contribution is -0.137. The van der Waals surface area contributed by atoms with Crippen LogP contribution in [0.4, 0.5) is 13.2 Å². The van der Waals surface area contributed by atoms with Crippen LogP contribution in [0.1, 0.15) is 37.8 Å². The summed E-state index contributed by atoms with van der Waals surface area (Å²) in [4.78, 5) is 4.34. The molecule has 0 saturated carbocycles. The minimum atomic E-state index is -4.33. The Bertz CT molecular complexity index is 504. The first-order valence-corrected chi connectivity index (χ1v) is 8.23. The third-order valence-corrected chi connectivity index (χ3v) is 3.23. The molecule has 0 amide bonds. The highest BCUT2D eigenvalue weighted by molar-refractivity contribution is 5.79. The number of hydrogen-bond donors (Lipinski definition) is 2. The molecule has 0 spiro atoms. The zero-order valence-electron chi connectivity index (χ0n) is 14.2. The Balaban J connectivity index is 2.53. The SMILES string of the molecule is CCNC(=NCc1cccc(C(F)(F)F)c1)NCCCCOCC. The quantitative estimate of drug-likeness (QED) is 0.408. The van der Waals surface area contributed by atoms with Crippen molar-refractivity contribution in [2.45, 2.75) is 39.4 Å². The van der Waals surface area contributed by atoms with Gasteiger partial charge in [-0.05, 0) is 44.4 Å². The Labute approximate surface area is 141 Å². The highest BCUT2D eigenvalue weighted by Gasteiger charge is 2.30. The van der Waals surface area contributed by atoms with Crippen molar-refractivity contribution in [3.05, 3.63) is 35.4 Å². The second-order valence-electron chi connectivity index (χ2n) is 5.22. The first kappa shape index (κ1) is 20.3. The number of aliphatic imine (C=N–C) groups is 1. The van der Waals surface area contributed by atoms with Crippen LogP contribution in [0, 0.1) is 0 Å². The summed E-state index contributed by atoms with van der Waals surface area (Å²) in [6, 6.07) is 5.25. The van der Waals surface area contributed by atoms with E-state index in [4.69, 9.17) is 4.74 Å². The van der Waals surface area contributed by atoms with Gasteiger partial charge in [-0.3, -0.25) is 0 Å². The van der Waals surface area contributed by atoms with E-state index in [0.717, 1.165) is 38.1 Å². The van der Waals surface area contributed by atoms with Gasteiger partial charge in [-0.2, -0.15) is 13.2 Å². The highest BCUT2D eigenvalue weighted by atomic mass is 19.4. The lowest BCUT2D eigenvalue weighted by Crippen LogP contribution is -2.37. The molecule has 0 radical (unpaired) electrons. The monoisotopic (exact) mass is 345 g/mol. The Kier molecular flexibility index (Phi) is 9.22. The number of benzene rings is 1. The number of rotatable bonds is 9. The number of hydrogen-bond acceptors (Lipinski definition) is 2. The molecule has 1 aromatic rings. The Morgan fingerprint density at radius 1 is 1.17 bits per heavy atom. The smallest absolute Gasteiger partial charge is 0.382 e. The summed E-state index contributed by atoms with van der Waals surface area (Å²) in [5.41, 5.74) is -0.123. The van der Waals surface area contributed by atoms with Gasteiger partial charge in [-0.15, -0.1) is 0 Å². The summed E-state index contributed by atoms with van der Waals surface area (Å²) >= 11 is 0. The maximum atomic E-state index is 12.7. The van der Waals surface area contributed by atoms with Crippen LogP contribution in [0.15, 0.2) is 29.3 Å². The molecule has 7 heteroatoms. The molecule has 0 aliphatic rings. The van der Waals surface area contributed by atoms with Crippen LogP contribution in [0.3, 0.4) is 0 Å². The first-order valence-electron chi connectivity index (χ1n) is 8.23. The van der Waals surface area contributed by atoms with Crippen molar-refractivity contribution in [3.63, 3.8) is 0 Å². The van der Waals surface area contributed by atoms with Crippen LogP contribution in [-0.2, 0) is 17.5 Å². The van der Waals surface area contributed by atoms with Crippen LogP contribution in [-0.4, -0.2) is 32.3 Å². The van der Waals surface area contributed by atoms with Gasteiger partial charge in [0.1, 0.15) is 0 Å². The molecule has 136 valence electrons. The minimum Gasteiger partial charge on any atom is -0.382 e. The van der Waals surface area contributed by atoms with Gasteiger partial charge in [-0.25, -0.2) is 4.99 Å². The van der Waals surface area contributed by atoms with Gasteiger partial charge >= 0.3 is 6.18 Å². The Hall–Kier alpha value is -1.76. The molecule has 24 heavy (non-hydrogen) atoms. The van der Waals surface area contributed by atoms with E-state index in [1.165, 1.54) is 6.07 Å². The summed E-state index contributed by atoms with van der Waals surface area (Å²) in [5.74, 6) is 0.603. The van der Waals surface area contributed by atoms with Crippen LogP contribution >= 0.6 is 0 Å². The van der Waals surface area contributed by atoms with E-state index < -0.39 is 11.7 Å². The van der Waals surface area contributed by atoms with Crippen molar-refractivity contribution >= 4 is 5.96 Å². The van der Waals surface area contributed by atoms with Gasteiger partial charge in [0, 0.05) is 26.3 Å². The number of halogens is 3. The zero-order chi connectivity index (χ0) is 17.8. The molecule has 0 bridgehead atoms. The van der Waals surface area contributed by atoms with Crippen molar-refractivity contribution in [2.24, 2.45) is 4.99 Å². The lowest BCUT2D eigenvalue weighted by atomic mass is 10.1. The standard InChI is InChI=1S/C17H26F3N3O/c1-3-21-16(22-10-5-6-11-24-4-2)23-13-14-8-7-9-15(12-14)17(18,19)20/h7-9,12H,3-6,10-11,13H2,1-2H3,(H2,21,22,23). The predicted octanol–water partition coefficient (Wildman–Crippen LogP) is 3.58. The molecule has 1 rings (SSSR count). The second kappa shape index (κ2) is 10.9. The van der Waals surface area contributed by atoms with Gasteiger partial charge in [0.2, 0.25) is 0 Å². The van der Waals surface area contributed by atoms with Gasteiger partial charge in [0.25, 0.3) is 0 Å². The fraction of sp³-hybridized carbons (Fsp3) is 0.588. The molecule has 2 N–H and O–H groups in total. The molecule has 0 aliphatic heterocycles. The fourth-order valence-corrected chi connectivity index (χ4v) is 2.04. The molecule has 0 unspecified atom stereocenters. The fourth-order valence-electron chi connectivity index (χ4n) is 2.04.